The lowest BCUT2D eigenvalue weighted by Crippen LogP contribution is -2.25. The van der Waals surface area contributed by atoms with E-state index in [1.165, 1.54) is 4.57 Å². The summed E-state index contributed by atoms with van der Waals surface area (Å²) in [5.74, 6) is -0.674. The zero-order chi connectivity index (χ0) is 14.9. The van der Waals surface area contributed by atoms with Crippen LogP contribution in [-0.4, -0.2) is 21.7 Å². The van der Waals surface area contributed by atoms with Crippen LogP contribution in [0.4, 0.5) is 0 Å². The average molecular weight is 275 g/mol. The van der Waals surface area contributed by atoms with E-state index in [0.29, 0.717) is 10.9 Å². The van der Waals surface area contributed by atoms with Crippen molar-refractivity contribution in [1.82, 2.24) is 4.57 Å². The monoisotopic (exact) mass is 275 g/mol. The molecule has 0 radical (unpaired) electrons. The molecule has 0 spiro atoms. The van der Waals surface area contributed by atoms with Crippen LogP contribution >= 0.6 is 0 Å². The second-order valence-corrected chi connectivity index (χ2v) is 4.92. The molecular weight excluding hydrogens is 258 g/mol. The van der Waals surface area contributed by atoms with E-state index in [-0.39, 0.29) is 29.4 Å². The molecule has 1 aromatic carbocycles. The molecule has 0 aliphatic heterocycles. The fourth-order valence-corrected chi connectivity index (χ4v) is 2.15. The Kier molecular flexibility index (Phi) is 3.79. The number of para-hydroxylation sites is 1. The SMILES string of the molecule is CC(C)OC(=O)Cc1c(O)c2ccccc2n(C)c1=O. The summed E-state index contributed by atoms with van der Waals surface area (Å²) in [7, 11) is 1.61. The molecule has 0 bridgehead atoms. The van der Waals surface area contributed by atoms with Gasteiger partial charge in [0.1, 0.15) is 5.75 Å². The van der Waals surface area contributed by atoms with Crippen LogP contribution in [0.2, 0.25) is 0 Å². The van der Waals surface area contributed by atoms with Crippen LogP contribution in [0.5, 0.6) is 5.75 Å². The van der Waals surface area contributed by atoms with Crippen LogP contribution in [0.25, 0.3) is 10.9 Å². The third kappa shape index (κ3) is 2.52. The van der Waals surface area contributed by atoms with Crippen LogP contribution in [0.3, 0.4) is 0 Å². The van der Waals surface area contributed by atoms with E-state index in [4.69, 9.17) is 4.74 Å². The lowest BCUT2D eigenvalue weighted by molar-refractivity contribution is -0.146. The number of carbonyl (C=O) groups excluding carboxylic acids is 1. The largest absolute Gasteiger partial charge is 0.507 e. The number of nitrogens with zero attached hydrogens (tertiary/aromatic N) is 1. The molecule has 5 nitrogen and oxygen atoms in total. The first-order valence-electron chi connectivity index (χ1n) is 6.41. The number of aromatic nitrogens is 1. The van der Waals surface area contributed by atoms with E-state index in [2.05, 4.69) is 0 Å². The highest BCUT2D eigenvalue weighted by Gasteiger charge is 2.18. The van der Waals surface area contributed by atoms with Gasteiger partial charge in [0.2, 0.25) is 0 Å². The summed E-state index contributed by atoms with van der Waals surface area (Å²) in [4.78, 5) is 23.9. The molecule has 0 unspecified atom stereocenters. The van der Waals surface area contributed by atoms with E-state index in [1.54, 1.807) is 45.2 Å². The van der Waals surface area contributed by atoms with Gasteiger partial charge in [-0.25, -0.2) is 0 Å². The van der Waals surface area contributed by atoms with E-state index >= 15 is 0 Å². The fraction of sp³-hybridized carbons (Fsp3) is 0.333. The third-order valence-electron chi connectivity index (χ3n) is 3.06. The molecule has 0 fully saturated rings. The van der Waals surface area contributed by atoms with Crippen molar-refractivity contribution in [2.24, 2.45) is 7.05 Å². The Balaban J connectivity index is 2.54. The average Bonchev–Trinajstić information content (AvgIpc) is 2.40. The molecule has 2 rings (SSSR count). The van der Waals surface area contributed by atoms with Gasteiger partial charge in [-0.15, -0.1) is 0 Å². The molecule has 1 N–H and O–H groups in total. The molecule has 1 aromatic heterocycles. The zero-order valence-corrected chi connectivity index (χ0v) is 11.7. The number of aryl methyl sites for hydroxylation is 1. The number of benzene rings is 1. The minimum Gasteiger partial charge on any atom is -0.507 e. The molecule has 0 atom stereocenters. The van der Waals surface area contributed by atoms with Crippen LogP contribution in [0.15, 0.2) is 29.1 Å². The predicted molar refractivity (Wildman–Crippen MR) is 75.8 cm³/mol. The fourth-order valence-electron chi connectivity index (χ4n) is 2.15. The smallest absolute Gasteiger partial charge is 0.310 e. The minimum absolute atomic E-state index is 0.0665. The van der Waals surface area contributed by atoms with Crippen molar-refractivity contribution < 1.29 is 14.6 Å². The van der Waals surface area contributed by atoms with Crippen LogP contribution in [0.1, 0.15) is 19.4 Å². The number of hydrogen-bond donors (Lipinski definition) is 1. The Labute approximate surface area is 116 Å². The number of pyridine rings is 1. The molecule has 0 aliphatic carbocycles. The van der Waals surface area contributed by atoms with Gasteiger partial charge in [-0.2, -0.15) is 0 Å². The van der Waals surface area contributed by atoms with Crippen molar-refractivity contribution in [2.75, 3.05) is 0 Å². The molecule has 0 saturated heterocycles. The normalized spacial score (nSPS) is 11.0. The molecule has 5 heteroatoms. The summed E-state index contributed by atoms with van der Waals surface area (Å²) in [5.41, 5.74) is 0.301. The second-order valence-electron chi connectivity index (χ2n) is 4.92. The van der Waals surface area contributed by atoms with Crippen molar-refractivity contribution in [3.63, 3.8) is 0 Å². The number of rotatable bonds is 3. The highest BCUT2D eigenvalue weighted by molar-refractivity contribution is 5.87. The molecule has 0 amide bonds. The Morgan fingerprint density at radius 3 is 2.65 bits per heavy atom. The maximum atomic E-state index is 12.2. The Hall–Kier alpha value is -2.30. The zero-order valence-electron chi connectivity index (χ0n) is 11.7. The van der Waals surface area contributed by atoms with Crippen molar-refractivity contribution in [3.8, 4) is 5.75 Å². The summed E-state index contributed by atoms with van der Waals surface area (Å²) >= 11 is 0. The molecule has 0 aliphatic rings. The van der Waals surface area contributed by atoms with E-state index in [9.17, 15) is 14.7 Å². The molecule has 0 saturated carbocycles. The van der Waals surface area contributed by atoms with Gasteiger partial charge in [-0.1, -0.05) is 12.1 Å². The van der Waals surface area contributed by atoms with Crippen LogP contribution in [-0.2, 0) is 23.0 Å². The Morgan fingerprint density at radius 1 is 1.35 bits per heavy atom. The minimum atomic E-state index is -0.525. The van der Waals surface area contributed by atoms with Crippen LogP contribution in [0, 0.1) is 0 Å². The number of ether oxygens (including phenoxy) is 1. The van der Waals surface area contributed by atoms with Gasteiger partial charge in [-0.05, 0) is 26.0 Å². The van der Waals surface area contributed by atoms with Gasteiger partial charge in [0.25, 0.3) is 5.56 Å². The Morgan fingerprint density at radius 2 is 2.00 bits per heavy atom. The number of esters is 1. The van der Waals surface area contributed by atoms with Gasteiger partial charge in [0, 0.05) is 12.4 Å². The lowest BCUT2D eigenvalue weighted by atomic mass is 10.1. The maximum absolute atomic E-state index is 12.2. The van der Waals surface area contributed by atoms with Gasteiger partial charge < -0.3 is 14.4 Å². The topological polar surface area (TPSA) is 68.5 Å². The quantitative estimate of drug-likeness (QED) is 0.866. The van der Waals surface area contributed by atoms with Crippen molar-refractivity contribution in [2.45, 2.75) is 26.4 Å². The van der Waals surface area contributed by atoms with Gasteiger partial charge in [0.05, 0.1) is 23.6 Å². The van der Waals surface area contributed by atoms with Gasteiger partial charge >= 0.3 is 5.97 Å². The van der Waals surface area contributed by atoms with Crippen molar-refractivity contribution in [1.29, 1.82) is 0 Å². The van der Waals surface area contributed by atoms with Gasteiger partial charge in [-0.3, -0.25) is 9.59 Å². The van der Waals surface area contributed by atoms with Crippen molar-refractivity contribution in [3.05, 3.63) is 40.2 Å². The standard InChI is InChI=1S/C15H17NO4/c1-9(2)20-13(17)8-11-14(18)10-6-4-5-7-12(10)16(3)15(11)19/h4-7,9,18H,8H2,1-3H3. The lowest BCUT2D eigenvalue weighted by Gasteiger charge is -2.12. The number of aromatic hydroxyl groups is 1. The maximum Gasteiger partial charge on any atom is 0.310 e. The summed E-state index contributed by atoms with van der Waals surface area (Å²) < 4.78 is 6.44. The van der Waals surface area contributed by atoms with Crippen LogP contribution < -0.4 is 5.56 Å². The van der Waals surface area contributed by atoms with Gasteiger partial charge in [0.15, 0.2) is 0 Å². The predicted octanol–water partition coefficient (Wildman–Crippen LogP) is 1.74. The summed E-state index contributed by atoms with van der Waals surface area (Å²) in [6.45, 7) is 3.46. The number of fused-ring (bicyclic) bond motifs is 1. The first-order valence-corrected chi connectivity index (χ1v) is 6.41. The Bertz CT molecular complexity index is 716. The summed E-state index contributed by atoms with van der Waals surface area (Å²) in [5, 5.41) is 10.8. The second kappa shape index (κ2) is 5.36. The van der Waals surface area contributed by atoms with E-state index in [0.717, 1.165) is 0 Å². The van der Waals surface area contributed by atoms with E-state index < -0.39 is 5.97 Å². The molecule has 106 valence electrons. The molecule has 2 aromatic rings. The highest BCUT2D eigenvalue weighted by atomic mass is 16.5. The van der Waals surface area contributed by atoms with Crippen molar-refractivity contribution >= 4 is 16.9 Å². The number of hydrogen-bond acceptors (Lipinski definition) is 4. The first kappa shape index (κ1) is 14.1. The first-order chi connectivity index (χ1) is 9.41. The summed E-state index contributed by atoms with van der Waals surface area (Å²) in [6.07, 6.45) is -0.490. The molecule has 1 heterocycles. The number of carbonyl (C=O) groups is 1. The van der Waals surface area contributed by atoms with E-state index in [1.807, 2.05) is 0 Å². The molecule has 20 heavy (non-hydrogen) atoms. The summed E-state index contributed by atoms with van der Waals surface area (Å²) in [6, 6.07) is 7.00. The third-order valence-corrected chi connectivity index (χ3v) is 3.06. The highest BCUT2D eigenvalue weighted by Crippen LogP contribution is 2.26. The molecular formula is C15H17NO4.